The molecule has 23 heavy (non-hydrogen) atoms. The van der Waals surface area contributed by atoms with Gasteiger partial charge in [0, 0.05) is 12.7 Å². The summed E-state index contributed by atoms with van der Waals surface area (Å²) in [7, 11) is -3.49. The van der Waals surface area contributed by atoms with Crippen LogP contribution in [-0.2, 0) is 10.0 Å². The molecule has 0 aliphatic rings. The molecule has 0 spiro atoms. The number of anilines is 2. The summed E-state index contributed by atoms with van der Waals surface area (Å²) in [4.78, 5) is 8.20. The maximum absolute atomic E-state index is 12.0. The van der Waals surface area contributed by atoms with Crippen molar-refractivity contribution >= 4 is 33.0 Å². The van der Waals surface area contributed by atoms with Gasteiger partial charge in [0.2, 0.25) is 10.0 Å². The number of nitrogens with zero attached hydrogens (tertiary/aromatic N) is 2. The van der Waals surface area contributed by atoms with Gasteiger partial charge in [-0.2, -0.15) is 4.98 Å². The lowest BCUT2D eigenvalue weighted by Gasteiger charge is -2.06. The van der Waals surface area contributed by atoms with E-state index in [9.17, 15) is 8.42 Å². The molecule has 0 amide bonds. The van der Waals surface area contributed by atoms with Crippen molar-refractivity contribution in [2.24, 2.45) is 0 Å². The van der Waals surface area contributed by atoms with Gasteiger partial charge >= 0.3 is 0 Å². The Bertz CT molecular complexity index is 907. The first-order valence-electron chi connectivity index (χ1n) is 7.04. The monoisotopic (exact) mass is 332 g/mol. The summed E-state index contributed by atoms with van der Waals surface area (Å²) in [5.41, 5.74) is 2.48. The first-order valence-corrected chi connectivity index (χ1v) is 8.70. The molecule has 0 bridgehead atoms. The van der Waals surface area contributed by atoms with Crippen LogP contribution in [0.3, 0.4) is 0 Å². The average Bonchev–Trinajstić information content (AvgIpc) is 2.89. The van der Waals surface area contributed by atoms with Gasteiger partial charge in [0.05, 0.1) is 5.75 Å². The van der Waals surface area contributed by atoms with Gasteiger partial charge in [0.15, 0.2) is 5.58 Å². The second-order valence-corrected chi connectivity index (χ2v) is 6.89. The molecule has 8 heteroatoms. The maximum Gasteiger partial charge on any atom is 0.295 e. The van der Waals surface area contributed by atoms with Crippen LogP contribution in [0, 0.1) is 6.92 Å². The van der Waals surface area contributed by atoms with E-state index in [1.807, 2.05) is 25.1 Å². The van der Waals surface area contributed by atoms with Crippen molar-refractivity contribution in [3.8, 4) is 0 Å². The van der Waals surface area contributed by atoms with Gasteiger partial charge in [-0.1, -0.05) is 12.1 Å². The third-order valence-electron chi connectivity index (χ3n) is 3.12. The van der Waals surface area contributed by atoms with Crippen LogP contribution in [-0.4, -0.2) is 30.7 Å². The van der Waals surface area contributed by atoms with E-state index in [-0.39, 0.29) is 12.3 Å². The molecule has 0 saturated carbocycles. The number of hydrogen-bond donors (Lipinski definition) is 2. The molecule has 1 aromatic carbocycles. The molecule has 2 N–H and O–H groups in total. The molecular formula is C15H16N4O3S. The molecule has 2 heterocycles. The van der Waals surface area contributed by atoms with E-state index in [4.69, 9.17) is 4.42 Å². The molecule has 120 valence electrons. The highest BCUT2D eigenvalue weighted by molar-refractivity contribution is 7.92. The molecule has 0 unspecified atom stereocenters. The van der Waals surface area contributed by atoms with Gasteiger partial charge in [-0.3, -0.25) is 4.72 Å². The van der Waals surface area contributed by atoms with E-state index < -0.39 is 10.0 Å². The van der Waals surface area contributed by atoms with Crippen molar-refractivity contribution in [2.75, 3.05) is 22.3 Å². The second-order valence-electron chi connectivity index (χ2n) is 5.05. The number of hydrogen-bond acceptors (Lipinski definition) is 6. The Morgan fingerprint density at radius 1 is 1.22 bits per heavy atom. The summed E-state index contributed by atoms with van der Waals surface area (Å²) >= 11 is 0. The molecule has 3 aromatic rings. The number of aromatic nitrogens is 2. The topological polar surface area (TPSA) is 97.1 Å². The Kier molecular flexibility index (Phi) is 4.16. The Morgan fingerprint density at radius 2 is 2.09 bits per heavy atom. The van der Waals surface area contributed by atoms with Crippen molar-refractivity contribution in [1.82, 2.24) is 9.97 Å². The van der Waals surface area contributed by atoms with Gasteiger partial charge in [0.25, 0.3) is 6.01 Å². The number of sulfonamides is 1. The van der Waals surface area contributed by atoms with Crippen molar-refractivity contribution in [3.63, 3.8) is 0 Å². The van der Waals surface area contributed by atoms with Gasteiger partial charge in [-0.15, -0.1) is 0 Å². The number of pyridine rings is 1. The zero-order valence-electron chi connectivity index (χ0n) is 12.5. The lowest BCUT2D eigenvalue weighted by Crippen LogP contribution is -2.22. The van der Waals surface area contributed by atoms with Crippen LogP contribution in [0.2, 0.25) is 0 Å². The van der Waals surface area contributed by atoms with Crippen LogP contribution < -0.4 is 10.0 Å². The summed E-state index contributed by atoms with van der Waals surface area (Å²) in [5.74, 6) is 0.172. The SMILES string of the molecule is Cc1ccc2oc(NCCS(=O)(=O)Nc3ccccn3)nc2c1. The van der Waals surface area contributed by atoms with Crippen LogP contribution in [0.5, 0.6) is 0 Å². The third-order valence-corrected chi connectivity index (χ3v) is 4.38. The number of aryl methyl sites for hydroxylation is 1. The molecule has 0 aliphatic heterocycles. The van der Waals surface area contributed by atoms with E-state index in [0.717, 1.165) is 11.1 Å². The van der Waals surface area contributed by atoms with E-state index in [1.165, 1.54) is 6.20 Å². The van der Waals surface area contributed by atoms with Crippen LogP contribution >= 0.6 is 0 Å². The summed E-state index contributed by atoms with van der Waals surface area (Å²) in [6.07, 6.45) is 1.52. The maximum atomic E-state index is 12.0. The molecule has 7 nitrogen and oxygen atoms in total. The summed E-state index contributed by atoms with van der Waals surface area (Å²) < 4.78 is 31.8. The van der Waals surface area contributed by atoms with Crippen LogP contribution in [0.1, 0.15) is 5.56 Å². The van der Waals surface area contributed by atoms with Crippen molar-refractivity contribution < 1.29 is 12.8 Å². The summed E-state index contributed by atoms with van der Waals surface area (Å²) in [6.45, 7) is 2.14. The largest absolute Gasteiger partial charge is 0.424 e. The fourth-order valence-electron chi connectivity index (χ4n) is 2.04. The molecule has 0 radical (unpaired) electrons. The third kappa shape index (κ3) is 3.98. The van der Waals surface area contributed by atoms with Crippen LogP contribution in [0.25, 0.3) is 11.1 Å². The molecule has 3 rings (SSSR count). The molecule has 2 aromatic heterocycles. The highest BCUT2D eigenvalue weighted by Gasteiger charge is 2.12. The standard InChI is InChI=1S/C15H16N4O3S/c1-11-5-6-13-12(10-11)18-15(22-13)17-8-9-23(20,21)19-14-4-2-3-7-16-14/h2-7,10H,8-9H2,1H3,(H,16,19)(H,17,18). The number of oxazole rings is 1. The summed E-state index contributed by atoms with van der Waals surface area (Å²) in [6, 6.07) is 11.0. The zero-order chi connectivity index (χ0) is 16.3. The van der Waals surface area contributed by atoms with E-state index >= 15 is 0 Å². The lowest BCUT2D eigenvalue weighted by molar-refractivity contribution is 0.599. The second kappa shape index (κ2) is 6.25. The molecule has 0 atom stereocenters. The minimum Gasteiger partial charge on any atom is -0.424 e. The first kappa shape index (κ1) is 15.3. The predicted octanol–water partition coefficient (Wildman–Crippen LogP) is 2.39. The van der Waals surface area contributed by atoms with E-state index in [2.05, 4.69) is 20.0 Å². The first-order chi connectivity index (χ1) is 11.0. The highest BCUT2D eigenvalue weighted by atomic mass is 32.2. The van der Waals surface area contributed by atoms with Gasteiger partial charge < -0.3 is 9.73 Å². The number of nitrogens with one attached hydrogen (secondary N) is 2. The summed E-state index contributed by atoms with van der Waals surface area (Å²) in [5, 5.41) is 2.88. The minimum atomic E-state index is -3.49. The Balaban J connectivity index is 1.59. The lowest BCUT2D eigenvalue weighted by atomic mass is 10.2. The molecule has 0 fully saturated rings. The Morgan fingerprint density at radius 3 is 2.87 bits per heavy atom. The van der Waals surface area contributed by atoms with Crippen molar-refractivity contribution in [1.29, 1.82) is 0 Å². The van der Waals surface area contributed by atoms with Crippen molar-refractivity contribution in [2.45, 2.75) is 6.92 Å². The number of benzene rings is 1. The number of rotatable bonds is 6. The van der Waals surface area contributed by atoms with Gasteiger partial charge in [-0.05, 0) is 36.8 Å². The molecular weight excluding hydrogens is 316 g/mol. The predicted molar refractivity (Wildman–Crippen MR) is 88.9 cm³/mol. The number of fused-ring (bicyclic) bond motifs is 1. The van der Waals surface area contributed by atoms with Crippen molar-refractivity contribution in [3.05, 3.63) is 48.2 Å². The van der Waals surface area contributed by atoms with E-state index in [0.29, 0.717) is 17.4 Å². The fourth-order valence-corrected chi connectivity index (χ4v) is 2.95. The normalized spacial score (nSPS) is 11.5. The highest BCUT2D eigenvalue weighted by Crippen LogP contribution is 2.19. The Hall–Kier alpha value is -2.61. The van der Waals surface area contributed by atoms with Gasteiger partial charge in [-0.25, -0.2) is 13.4 Å². The Labute approximate surface area is 133 Å². The van der Waals surface area contributed by atoms with Crippen LogP contribution in [0.15, 0.2) is 47.0 Å². The average molecular weight is 332 g/mol. The smallest absolute Gasteiger partial charge is 0.295 e. The fraction of sp³-hybridized carbons (Fsp3) is 0.200. The molecule has 0 saturated heterocycles. The van der Waals surface area contributed by atoms with Crippen LogP contribution in [0.4, 0.5) is 11.8 Å². The molecule has 0 aliphatic carbocycles. The quantitative estimate of drug-likeness (QED) is 0.719. The zero-order valence-corrected chi connectivity index (χ0v) is 13.3. The van der Waals surface area contributed by atoms with E-state index in [1.54, 1.807) is 18.2 Å². The van der Waals surface area contributed by atoms with Gasteiger partial charge in [0.1, 0.15) is 11.3 Å². The minimum absolute atomic E-state index is 0.124.